The second-order valence-electron chi connectivity index (χ2n) is 4.18. The monoisotopic (exact) mass is 224 g/mol. The molecule has 0 amide bonds. The Balaban J connectivity index is 2.41. The lowest BCUT2D eigenvalue weighted by Gasteiger charge is -2.37. The standard InChI is InChI=1S/C10H18F2O3/c1-2-14-15-8-9(7-13)3-5-10(11,12)6-4-9/h13H,2-8H2,1H3. The highest BCUT2D eigenvalue weighted by molar-refractivity contribution is 4.88. The van der Waals surface area contributed by atoms with E-state index in [0.717, 1.165) is 0 Å². The van der Waals surface area contributed by atoms with Gasteiger partial charge >= 0.3 is 0 Å². The van der Waals surface area contributed by atoms with Crippen LogP contribution in [0.1, 0.15) is 32.6 Å². The largest absolute Gasteiger partial charge is 0.396 e. The molecule has 5 heteroatoms. The van der Waals surface area contributed by atoms with Crippen molar-refractivity contribution in [2.45, 2.75) is 38.5 Å². The Labute approximate surface area is 88.3 Å². The first kappa shape index (κ1) is 12.8. The van der Waals surface area contributed by atoms with Crippen molar-refractivity contribution in [2.24, 2.45) is 5.41 Å². The van der Waals surface area contributed by atoms with Crippen LogP contribution in [0, 0.1) is 5.41 Å². The molecule has 0 unspecified atom stereocenters. The van der Waals surface area contributed by atoms with Gasteiger partial charge in [-0.3, -0.25) is 0 Å². The molecule has 1 aliphatic rings. The van der Waals surface area contributed by atoms with Crippen molar-refractivity contribution in [3.63, 3.8) is 0 Å². The van der Waals surface area contributed by atoms with E-state index in [1.807, 2.05) is 0 Å². The Bertz CT molecular complexity index is 187. The average molecular weight is 224 g/mol. The summed E-state index contributed by atoms with van der Waals surface area (Å²) in [4.78, 5) is 9.60. The summed E-state index contributed by atoms with van der Waals surface area (Å²) in [6.45, 7) is 2.25. The van der Waals surface area contributed by atoms with E-state index in [0.29, 0.717) is 6.61 Å². The molecule has 0 spiro atoms. The predicted molar refractivity (Wildman–Crippen MR) is 50.5 cm³/mol. The van der Waals surface area contributed by atoms with Crippen molar-refractivity contribution in [2.75, 3.05) is 19.8 Å². The van der Waals surface area contributed by atoms with Crippen LogP contribution in [0.2, 0.25) is 0 Å². The summed E-state index contributed by atoms with van der Waals surface area (Å²) in [7, 11) is 0. The van der Waals surface area contributed by atoms with Crippen molar-refractivity contribution in [3.8, 4) is 0 Å². The minimum atomic E-state index is -2.58. The molecular formula is C10H18F2O3. The average Bonchev–Trinajstić information content (AvgIpc) is 2.22. The zero-order valence-electron chi connectivity index (χ0n) is 8.97. The molecule has 1 rings (SSSR count). The molecule has 0 aromatic heterocycles. The van der Waals surface area contributed by atoms with Gasteiger partial charge in [0.1, 0.15) is 0 Å². The van der Waals surface area contributed by atoms with Gasteiger partial charge in [0.15, 0.2) is 0 Å². The number of aliphatic hydroxyl groups excluding tert-OH is 1. The van der Waals surface area contributed by atoms with E-state index in [1.165, 1.54) is 0 Å². The molecule has 1 saturated carbocycles. The molecule has 0 aromatic rings. The predicted octanol–water partition coefficient (Wildman–Crippen LogP) is 2.14. The second-order valence-corrected chi connectivity index (χ2v) is 4.18. The number of alkyl halides is 2. The first-order valence-electron chi connectivity index (χ1n) is 5.27. The van der Waals surface area contributed by atoms with Crippen LogP contribution in [0.5, 0.6) is 0 Å². The van der Waals surface area contributed by atoms with Crippen molar-refractivity contribution < 1.29 is 23.7 Å². The van der Waals surface area contributed by atoms with Gasteiger partial charge in [0.2, 0.25) is 5.92 Å². The van der Waals surface area contributed by atoms with Gasteiger partial charge in [0, 0.05) is 18.3 Å². The Morgan fingerprint density at radius 3 is 2.20 bits per heavy atom. The van der Waals surface area contributed by atoms with E-state index in [4.69, 9.17) is 9.78 Å². The Hall–Kier alpha value is -0.260. The number of hydrogen-bond acceptors (Lipinski definition) is 3. The number of aliphatic hydroxyl groups is 1. The quantitative estimate of drug-likeness (QED) is 0.442. The summed E-state index contributed by atoms with van der Waals surface area (Å²) in [5.74, 6) is -2.58. The van der Waals surface area contributed by atoms with Crippen molar-refractivity contribution in [1.29, 1.82) is 0 Å². The molecule has 0 atom stereocenters. The second kappa shape index (κ2) is 5.18. The third-order valence-corrected chi connectivity index (χ3v) is 2.94. The zero-order valence-corrected chi connectivity index (χ0v) is 8.97. The van der Waals surface area contributed by atoms with Gasteiger partial charge in [0.05, 0.1) is 19.8 Å². The summed E-state index contributed by atoms with van der Waals surface area (Å²) in [6.07, 6.45) is 0.208. The lowest BCUT2D eigenvalue weighted by molar-refractivity contribution is -0.313. The topological polar surface area (TPSA) is 38.7 Å². The van der Waals surface area contributed by atoms with Gasteiger partial charge in [-0.25, -0.2) is 18.6 Å². The molecule has 0 saturated heterocycles. The normalized spacial score (nSPS) is 24.0. The van der Waals surface area contributed by atoms with Crippen LogP contribution in [-0.2, 0) is 9.78 Å². The van der Waals surface area contributed by atoms with Gasteiger partial charge in [-0.1, -0.05) is 0 Å². The lowest BCUT2D eigenvalue weighted by Crippen LogP contribution is -2.39. The van der Waals surface area contributed by atoms with Crippen LogP contribution in [0.4, 0.5) is 8.78 Å². The van der Waals surface area contributed by atoms with Crippen molar-refractivity contribution in [1.82, 2.24) is 0 Å². The molecule has 0 bridgehead atoms. The molecule has 90 valence electrons. The summed E-state index contributed by atoms with van der Waals surface area (Å²) in [6, 6.07) is 0. The van der Waals surface area contributed by atoms with Crippen molar-refractivity contribution >= 4 is 0 Å². The van der Waals surface area contributed by atoms with Crippen LogP contribution in [-0.4, -0.2) is 30.8 Å². The summed E-state index contributed by atoms with van der Waals surface area (Å²) in [5.41, 5.74) is -0.545. The Kier molecular flexibility index (Phi) is 4.43. The van der Waals surface area contributed by atoms with E-state index in [9.17, 15) is 13.9 Å². The number of hydrogen-bond donors (Lipinski definition) is 1. The molecule has 0 aromatic carbocycles. The molecule has 1 fully saturated rings. The lowest BCUT2D eigenvalue weighted by atomic mass is 9.74. The fourth-order valence-electron chi connectivity index (χ4n) is 1.74. The van der Waals surface area contributed by atoms with E-state index >= 15 is 0 Å². The highest BCUT2D eigenvalue weighted by atomic mass is 19.3. The van der Waals surface area contributed by atoms with Gasteiger partial charge < -0.3 is 5.11 Å². The molecule has 1 N–H and O–H groups in total. The maximum atomic E-state index is 12.9. The van der Waals surface area contributed by atoms with Gasteiger partial charge in [-0.15, -0.1) is 0 Å². The van der Waals surface area contributed by atoms with Gasteiger partial charge in [-0.2, -0.15) is 0 Å². The molecular weight excluding hydrogens is 206 g/mol. The molecule has 0 heterocycles. The maximum Gasteiger partial charge on any atom is 0.248 e. The van der Waals surface area contributed by atoms with E-state index in [-0.39, 0.29) is 38.9 Å². The van der Waals surface area contributed by atoms with Crippen LogP contribution in [0.25, 0.3) is 0 Å². The van der Waals surface area contributed by atoms with E-state index < -0.39 is 11.3 Å². The Morgan fingerprint density at radius 2 is 1.73 bits per heavy atom. The number of halogens is 2. The first-order chi connectivity index (χ1) is 7.04. The highest BCUT2D eigenvalue weighted by Gasteiger charge is 2.43. The highest BCUT2D eigenvalue weighted by Crippen LogP contribution is 2.43. The SMILES string of the molecule is CCOOCC1(CO)CCC(F)(F)CC1. The summed E-state index contributed by atoms with van der Waals surface area (Å²) < 4.78 is 25.8. The first-order valence-corrected chi connectivity index (χ1v) is 5.27. The minimum Gasteiger partial charge on any atom is -0.396 e. The van der Waals surface area contributed by atoms with E-state index in [2.05, 4.69) is 0 Å². The third kappa shape index (κ3) is 3.66. The van der Waals surface area contributed by atoms with Gasteiger partial charge in [0.25, 0.3) is 0 Å². The smallest absolute Gasteiger partial charge is 0.248 e. The van der Waals surface area contributed by atoms with E-state index in [1.54, 1.807) is 6.92 Å². The van der Waals surface area contributed by atoms with Crippen LogP contribution in [0.15, 0.2) is 0 Å². The molecule has 1 aliphatic carbocycles. The van der Waals surface area contributed by atoms with Crippen LogP contribution >= 0.6 is 0 Å². The fourth-order valence-corrected chi connectivity index (χ4v) is 1.74. The third-order valence-electron chi connectivity index (χ3n) is 2.94. The Morgan fingerprint density at radius 1 is 1.13 bits per heavy atom. The fraction of sp³-hybridized carbons (Fsp3) is 1.00. The molecule has 3 nitrogen and oxygen atoms in total. The molecule has 15 heavy (non-hydrogen) atoms. The zero-order chi connectivity index (χ0) is 11.4. The maximum absolute atomic E-state index is 12.9. The van der Waals surface area contributed by atoms with Gasteiger partial charge in [-0.05, 0) is 19.8 Å². The van der Waals surface area contributed by atoms with Crippen LogP contribution in [0.3, 0.4) is 0 Å². The molecule has 0 radical (unpaired) electrons. The molecule has 0 aliphatic heterocycles. The minimum absolute atomic E-state index is 0.129. The summed E-state index contributed by atoms with van der Waals surface area (Å²) >= 11 is 0. The van der Waals surface area contributed by atoms with Crippen molar-refractivity contribution in [3.05, 3.63) is 0 Å². The number of rotatable bonds is 5. The summed E-state index contributed by atoms with van der Waals surface area (Å²) in [5, 5.41) is 9.23. The van der Waals surface area contributed by atoms with Crippen LogP contribution < -0.4 is 0 Å².